The van der Waals surface area contributed by atoms with Gasteiger partial charge in [0.05, 0.1) is 0 Å². The van der Waals surface area contributed by atoms with Crippen molar-refractivity contribution < 1.29 is 19.4 Å². The summed E-state index contributed by atoms with van der Waals surface area (Å²) in [5, 5.41) is 12.1. The molecule has 0 atom stereocenters. The van der Waals surface area contributed by atoms with Crippen molar-refractivity contribution in [1.82, 2.24) is 0 Å². The average Bonchev–Trinajstić information content (AvgIpc) is 2.55. The van der Waals surface area contributed by atoms with Gasteiger partial charge in [0.1, 0.15) is 13.2 Å². The second-order valence-corrected chi connectivity index (χ2v) is 5.75. The fourth-order valence-corrected chi connectivity index (χ4v) is 2.97. The van der Waals surface area contributed by atoms with Crippen LogP contribution in [-0.2, 0) is 4.79 Å². The number of ether oxygens (including phenoxy) is 2. The second kappa shape index (κ2) is 6.35. The van der Waals surface area contributed by atoms with E-state index in [4.69, 9.17) is 14.6 Å². The minimum Gasteiger partial charge on any atom is -0.486 e. The van der Waals surface area contributed by atoms with Gasteiger partial charge in [0, 0.05) is 24.3 Å². The van der Waals surface area contributed by atoms with Gasteiger partial charge in [-0.15, -0.1) is 0 Å². The van der Waals surface area contributed by atoms with Crippen LogP contribution in [0.1, 0.15) is 25.7 Å². The van der Waals surface area contributed by atoms with Crippen LogP contribution in [0.4, 0.5) is 5.69 Å². The molecule has 1 aromatic carbocycles. The first-order valence-electron chi connectivity index (χ1n) is 7.57. The first-order valence-corrected chi connectivity index (χ1v) is 7.57. The number of nitrogens with one attached hydrogen (secondary N) is 1. The minimum absolute atomic E-state index is 0.0426. The molecule has 2 aliphatic rings. The predicted molar refractivity (Wildman–Crippen MR) is 78.6 cm³/mol. The van der Waals surface area contributed by atoms with Gasteiger partial charge in [0.25, 0.3) is 0 Å². The Bertz CT molecular complexity index is 509. The Hall–Kier alpha value is -1.75. The summed E-state index contributed by atoms with van der Waals surface area (Å²) in [4.78, 5) is 12.3. The zero-order valence-electron chi connectivity index (χ0n) is 12.0. The third-order valence-electron chi connectivity index (χ3n) is 4.29. The second-order valence-electron chi connectivity index (χ2n) is 5.75. The highest BCUT2D eigenvalue weighted by molar-refractivity contribution is 5.92. The molecule has 3 rings (SSSR count). The molecule has 2 N–H and O–H groups in total. The predicted octanol–water partition coefficient (Wildman–Crippen LogP) is 2.20. The van der Waals surface area contributed by atoms with Gasteiger partial charge in [-0.05, 0) is 43.7 Å². The van der Waals surface area contributed by atoms with Crippen LogP contribution in [0.25, 0.3) is 0 Å². The molecular formula is C16H21NO4. The van der Waals surface area contributed by atoms with E-state index in [0.29, 0.717) is 24.9 Å². The summed E-state index contributed by atoms with van der Waals surface area (Å²) in [6.45, 7) is 1.33. The van der Waals surface area contributed by atoms with E-state index in [9.17, 15) is 4.79 Å². The molecule has 1 saturated carbocycles. The van der Waals surface area contributed by atoms with Crippen molar-refractivity contribution in [3.05, 3.63) is 18.2 Å². The number of amides is 1. The summed E-state index contributed by atoms with van der Waals surface area (Å²) in [5.41, 5.74) is 0.744. The van der Waals surface area contributed by atoms with E-state index in [1.165, 1.54) is 0 Å². The van der Waals surface area contributed by atoms with Crippen molar-refractivity contribution in [2.75, 3.05) is 25.1 Å². The fourth-order valence-electron chi connectivity index (χ4n) is 2.97. The van der Waals surface area contributed by atoms with E-state index in [0.717, 1.165) is 37.1 Å². The molecular weight excluding hydrogens is 270 g/mol. The molecule has 1 fully saturated rings. The first-order chi connectivity index (χ1) is 10.3. The van der Waals surface area contributed by atoms with Crippen LogP contribution < -0.4 is 14.8 Å². The number of rotatable bonds is 3. The summed E-state index contributed by atoms with van der Waals surface area (Å²) in [6, 6.07) is 5.48. The number of anilines is 1. The Kier molecular flexibility index (Phi) is 4.29. The van der Waals surface area contributed by atoms with Crippen molar-refractivity contribution in [2.45, 2.75) is 25.7 Å². The van der Waals surface area contributed by atoms with Crippen LogP contribution in [0, 0.1) is 11.8 Å². The van der Waals surface area contributed by atoms with Crippen LogP contribution in [0.2, 0.25) is 0 Å². The van der Waals surface area contributed by atoms with E-state index in [-0.39, 0.29) is 18.4 Å². The maximum absolute atomic E-state index is 12.3. The number of aliphatic hydroxyl groups excluding tert-OH is 1. The van der Waals surface area contributed by atoms with Crippen LogP contribution in [0.5, 0.6) is 11.5 Å². The number of hydrogen-bond acceptors (Lipinski definition) is 4. The molecule has 1 amide bonds. The fraction of sp³-hybridized carbons (Fsp3) is 0.562. The average molecular weight is 291 g/mol. The molecule has 1 aromatic rings. The summed E-state index contributed by atoms with van der Waals surface area (Å²) < 4.78 is 11.0. The smallest absolute Gasteiger partial charge is 0.227 e. The number of aliphatic hydroxyl groups is 1. The van der Waals surface area contributed by atoms with E-state index >= 15 is 0 Å². The van der Waals surface area contributed by atoms with Crippen LogP contribution >= 0.6 is 0 Å². The van der Waals surface area contributed by atoms with E-state index in [1.54, 1.807) is 0 Å². The van der Waals surface area contributed by atoms with E-state index in [2.05, 4.69) is 5.32 Å². The van der Waals surface area contributed by atoms with Gasteiger partial charge in [-0.2, -0.15) is 0 Å². The normalized spacial score (nSPS) is 24.4. The highest BCUT2D eigenvalue weighted by Crippen LogP contribution is 2.34. The summed E-state index contributed by atoms with van der Waals surface area (Å²) >= 11 is 0. The number of carbonyl (C=O) groups is 1. The van der Waals surface area contributed by atoms with Crippen LogP contribution in [0.15, 0.2) is 18.2 Å². The zero-order valence-corrected chi connectivity index (χ0v) is 12.0. The van der Waals surface area contributed by atoms with Crippen LogP contribution in [-0.4, -0.2) is 30.8 Å². The van der Waals surface area contributed by atoms with E-state index < -0.39 is 0 Å². The Morgan fingerprint density at radius 1 is 1.14 bits per heavy atom. The maximum Gasteiger partial charge on any atom is 0.227 e. The third-order valence-corrected chi connectivity index (χ3v) is 4.29. The Morgan fingerprint density at radius 3 is 2.57 bits per heavy atom. The molecule has 0 aromatic heterocycles. The van der Waals surface area contributed by atoms with Gasteiger partial charge >= 0.3 is 0 Å². The first kappa shape index (κ1) is 14.2. The maximum atomic E-state index is 12.3. The summed E-state index contributed by atoms with van der Waals surface area (Å²) in [7, 11) is 0. The molecule has 0 bridgehead atoms. The van der Waals surface area contributed by atoms with Crippen molar-refractivity contribution in [1.29, 1.82) is 0 Å². The van der Waals surface area contributed by atoms with Gasteiger partial charge in [-0.1, -0.05) is 0 Å². The number of fused-ring (bicyclic) bond motifs is 1. The lowest BCUT2D eigenvalue weighted by atomic mass is 9.82. The minimum atomic E-state index is 0.0426. The SMILES string of the molecule is O=C(Nc1ccc2c(c1)OCCO2)C1CCC(CO)CC1. The molecule has 114 valence electrons. The van der Waals surface area contributed by atoms with Gasteiger partial charge in [-0.3, -0.25) is 4.79 Å². The molecule has 5 nitrogen and oxygen atoms in total. The standard InChI is InChI=1S/C16H21NO4/c18-10-11-1-3-12(4-2-11)16(19)17-13-5-6-14-15(9-13)21-8-7-20-14/h5-6,9,11-12,18H,1-4,7-8,10H2,(H,17,19). The monoisotopic (exact) mass is 291 g/mol. The summed E-state index contributed by atoms with van der Waals surface area (Å²) in [5.74, 6) is 1.87. The van der Waals surface area contributed by atoms with Gasteiger partial charge in [0.15, 0.2) is 11.5 Å². The van der Waals surface area contributed by atoms with Crippen molar-refractivity contribution in [3.8, 4) is 11.5 Å². The topological polar surface area (TPSA) is 67.8 Å². The largest absolute Gasteiger partial charge is 0.486 e. The Labute approximate surface area is 124 Å². The molecule has 0 saturated heterocycles. The number of hydrogen-bond donors (Lipinski definition) is 2. The Morgan fingerprint density at radius 2 is 1.86 bits per heavy atom. The summed E-state index contributed by atoms with van der Waals surface area (Å²) in [6.07, 6.45) is 3.55. The zero-order chi connectivity index (χ0) is 14.7. The lowest BCUT2D eigenvalue weighted by Gasteiger charge is -2.26. The van der Waals surface area contributed by atoms with Gasteiger partial charge in [0.2, 0.25) is 5.91 Å². The van der Waals surface area contributed by atoms with Gasteiger partial charge in [-0.25, -0.2) is 0 Å². The molecule has 21 heavy (non-hydrogen) atoms. The van der Waals surface area contributed by atoms with Crippen molar-refractivity contribution in [3.63, 3.8) is 0 Å². The van der Waals surface area contributed by atoms with Crippen molar-refractivity contribution >= 4 is 11.6 Å². The lowest BCUT2D eigenvalue weighted by molar-refractivity contribution is -0.121. The molecule has 0 unspecified atom stereocenters. The third kappa shape index (κ3) is 3.29. The highest BCUT2D eigenvalue weighted by Gasteiger charge is 2.26. The molecule has 0 spiro atoms. The lowest BCUT2D eigenvalue weighted by Crippen LogP contribution is -2.28. The molecule has 1 aliphatic carbocycles. The van der Waals surface area contributed by atoms with Gasteiger partial charge < -0.3 is 19.9 Å². The molecule has 1 heterocycles. The Balaban J connectivity index is 1.60. The molecule has 5 heteroatoms. The quantitative estimate of drug-likeness (QED) is 0.896. The number of benzene rings is 1. The molecule has 1 aliphatic heterocycles. The number of carbonyl (C=O) groups excluding carboxylic acids is 1. The van der Waals surface area contributed by atoms with Crippen LogP contribution in [0.3, 0.4) is 0 Å². The van der Waals surface area contributed by atoms with Crippen molar-refractivity contribution in [2.24, 2.45) is 11.8 Å². The van der Waals surface area contributed by atoms with E-state index in [1.807, 2.05) is 18.2 Å². The highest BCUT2D eigenvalue weighted by atomic mass is 16.6. The molecule has 0 radical (unpaired) electrons.